The topological polar surface area (TPSA) is 69.4 Å². The summed E-state index contributed by atoms with van der Waals surface area (Å²) in [4.78, 5) is 21.0. The Bertz CT molecular complexity index is 690. The molecule has 0 fully saturated rings. The van der Waals surface area contributed by atoms with Gasteiger partial charge in [0.15, 0.2) is 0 Å². The predicted octanol–water partition coefficient (Wildman–Crippen LogP) is 4.62. The minimum absolute atomic E-state index is 0.0685. The third-order valence-electron chi connectivity index (χ3n) is 2.43. The van der Waals surface area contributed by atoms with Crippen molar-refractivity contribution in [1.29, 1.82) is 0 Å². The Morgan fingerprint density at radius 2 is 1.90 bits per heavy atom. The van der Waals surface area contributed by atoms with Gasteiger partial charge in [-0.1, -0.05) is 27.5 Å². The molecule has 5 nitrogen and oxygen atoms in total. The highest BCUT2D eigenvalue weighted by molar-refractivity contribution is 9.10. The molecule has 0 unspecified atom stereocenters. The molecule has 0 bridgehead atoms. The standard InChI is InChI=1S/C13H7BrClNO4/c14-9-2-4-13(11(6-9)16(18)19)20-12-3-1-8(7-17)5-10(12)15/h1-7H. The van der Waals surface area contributed by atoms with Crippen LogP contribution in [-0.4, -0.2) is 11.2 Å². The maximum absolute atomic E-state index is 11.0. The number of halogens is 2. The lowest BCUT2D eigenvalue weighted by atomic mass is 10.2. The molecule has 102 valence electrons. The van der Waals surface area contributed by atoms with E-state index in [-0.39, 0.29) is 22.2 Å². The zero-order valence-electron chi connectivity index (χ0n) is 9.88. The summed E-state index contributed by atoms with van der Waals surface area (Å²) in [5.74, 6) is 0.307. The monoisotopic (exact) mass is 355 g/mol. The third-order valence-corrected chi connectivity index (χ3v) is 3.22. The lowest BCUT2D eigenvalue weighted by molar-refractivity contribution is -0.385. The van der Waals surface area contributed by atoms with Gasteiger partial charge in [-0.2, -0.15) is 0 Å². The normalized spacial score (nSPS) is 10.1. The molecular weight excluding hydrogens is 350 g/mol. The Hall–Kier alpha value is -1.92. The van der Waals surface area contributed by atoms with Crippen LogP contribution in [-0.2, 0) is 0 Å². The van der Waals surface area contributed by atoms with E-state index in [0.29, 0.717) is 16.3 Å². The number of nitro benzene ring substituents is 1. The number of hydrogen-bond acceptors (Lipinski definition) is 4. The van der Waals surface area contributed by atoms with Gasteiger partial charge in [-0.3, -0.25) is 14.9 Å². The van der Waals surface area contributed by atoms with Crippen molar-refractivity contribution < 1.29 is 14.5 Å². The summed E-state index contributed by atoms with van der Waals surface area (Å²) in [5, 5.41) is 11.2. The second-order valence-electron chi connectivity index (χ2n) is 3.78. The largest absolute Gasteiger partial charge is 0.449 e. The molecule has 7 heteroatoms. The summed E-state index contributed by atoms with van der Waals surface area (Å²) in [6.07, 6.45) is 0.651. The van der Waals surface area contributed by atoms with Gasteiger partial charge in [0.25, 0.3) is 0 Å². The first kappa shape index (κ1) is 14.5. The second-order valence-corrected chi connectivity index (χ2v) is 5.10. The Labute approximate surface area is 127 Å². The molecule has 0 aliphatic rings. The molecule has 2 rings (SSSR count). The Kier molecular flexibility index (Phi) is 4.36. The van der Waals surface area contributed by atoms with E-state index in [4.69, 9.17) is 16.3 Å². The van der Waals surface area contributed by atoms with E-state index in [1.54, 1.807) is 6.07 Å². The van der Waals surface area contributed by atoms with Crippen LogP contribution in [0.4, 0.5) is 5.69 Å². The average molecular weight is 357 g/mol. The van der Waals surface area contributed by atoms with Crippen LogP contribution in [0.25, 0.3) is 0 Å². The highest BCUT2D eigenvalue weighted by Crippen LogP contribution is 2.36. The molecule has 0 heterocycles. The summed E-state index contributed by atoms with van der Waals surface area (Å²) >= 11 is 9.12. The van der Waals surface area contributed by atoms with E-state index in [1.165, 1.54) is 30.3 Å². The van der Waals surface area contributed by atoms with Crippen molar-refractivity contribution in [2.24, 2.45) is 0 Å². The van der Waals surface area contributed by atoms with E-state index in [9.17, 15) is 14.9 Å². The van der Waals surface area contributed by atoms with Gasteiger partial charge in [-0.05, 0) is 30.3 Å². The van der Waals surface area contributed by atoms with Gasteiger partial charge in [0, 0.05) is 16.1 Å². The molecule has 2 aromatic rings. The van der Waals surface area contributed by atoms with Crippen molar-refractivity contribution in [2.45, 2.75) is 0 Å². The molecule has 0 atom stereocenters. The van der Waals surface area contributed by atoms with Gasteiger partial charge in [0.1, 0.15) is 12.0 Å². The molecule has 0 saturated carbocycles. The van der Waals surface area contributed by atoms with Crippen molar-refractivity contribution >= 4 is 39.5 Å². The first-order valence-corrected chi connectivity index (χ1v) is 6.55. The van der Waals surface area contributed by atoms with Crippen LogP contribution < -0.4 is 4.74 Å². The molecule has 0 aliphatic heterocycles. The second kappa shape index (κ2) is 6.02. The first-order chi connectivity index (χ1) is 9.51. The van der Waals surface area contributed by atoms with Gasteiger partial charge in [0.2, 0.25) is 5.75 Å². The van der Waals surface area contributed by atoms with Crippen LogP contribution in [0.5, 0.6) is 11.5 Å². The lowest BCUT2D eigenvalue weighted by Crippen LogP contribution is -1.94. The summed E-state index contributed by atoms with van der Waals surface area (Å²) in [6.45, 7) is 0. The van der Waals surface area contributed by atoms with Crippen LogP contribution in [0, 0.1) is 10.1 Å². The number of nitrogens with zero attached hydrogens (tertiary/aromatic N) is 1. The van der Waals surface area contributed by atoms with Gasteiger partial charge in [0.05, 0.1) is 9.95 Å². The molecule has 0 radical (unpaired) electrons. The fourth-order valence-electron chi connectivity index (χ4n) is 1.51. The summed E-state index contributed by atoms with van der Waals surface area (Å²) < 4.78 is 6.01. The predicted molar refractivity (Wildman–Crippen MR) is 77.7 cm³/mol. The number of ether oxygens (including phenoxy) is 1. The van der Waals surface area contributed by atoms with E-state index >= 15 is 0 Å². The molecule has 0 N–H and O–H groups in total. The van der Waals surface area contributed by atoms with Crippen molar-refractivity contribution in [3.8, 4) is 11.5 Å². The highest BCUT2D eigenvalue weighted by atomic mass is 79.9. The zero-order valence-corrected chi connectivity index (χ0v) is 12.2. The van der Waals surface area contributed by atoms with Crippen LogP contribution in [0.3, 0.4) is 0 Å². The number of hydrogen-bond donors (Lipinski definition) is 0. The smallest absolute Gasteiger partial charge is 0.312 e. The molecular formula is C13H7BrClNO4. The van der Waals surface area contributed by atoms with Crippen molar-refractivity contribution in [3.63, 3.8) is 0 Å². The maximum Gasteiger partial charge on any atom is 0.312 e. The fraction of sp³-hybridized carbons (Fsp3) is 0. The highest BCUT2D eigenvalue weighted by Gasteiger charge is 2.17. The average Bonchev–Trinajstić information content (AvgIpc) is 2.42. The number of aldehydes is 1. The SMILES string of the molecule is O=Cc1ccc(Oc2ccc(Br)cc2[N+](=O)[O-])c(Cl)c1. The lowest BCUT2D eigenvalue weighted by Gasteiger charge is -2.08. The number of carbonyl (C=O) groups excluding carboxylic acids is 1. The molecule has 20 heavy (non-hydrogen) atoms. The van der Waals surface area contributed by atoms with Crippen LogP contribution in [0.2, 0.25) is 5.02 Å². The number of carbonyl (C=O) groups is 1. The number of benzene rings is 2. The van der Waals surface area contributed by atoms with Gasteiger partial charge < -0.3 is 4.74 Å². The van der Waals surface area contributed by atoms with Crippen molar-refractivity contribution in [1.82, 2.24) is 0 Å². The van der Waals surface area contributed by atoms with E-state index in [0.717, 1.165) is 0 Å². The molecule has 0 aliphatic carbocycles. The number of nitro groups is 1. The van der Waals surface area contributed by atoms with Crippen LogP contribution >= 0.6 is 27.5 Å². The molecule has 2 aromatic carbocycles. The first-order valence-electron chi connectivity index (χ1n) is 5.38. The number of rotatable bonds is 4. The maximum atomic E-state index is 11.0. The van der Waals surface area contributed by atoms with Crippen LogP contribution in [0.1, 0.15) is 10.4 Å². The van der Waals surface area contributed by atoms with E-state index in [2.05, 4.69) is 15.9 Å². The molecule has 0 saturated heterocycles. The molecule has 0 amide bonds. The Morgan fingerprint density at radius 1 is 1.20 bits per heavy atom. The summed E-state index contributed by atoms with van der Waals surface area (Å²) in [7, 11) is 0. The minimum Gasteiger partial charge on any atom is -0.449 e. The van der Waals surface area contributed by atoms with Gasteiger partial charge in [-0.25, -0.2) is 0 Å². The van der Waals surface area contributed by atoms with Crippen molar-refractivity contribution in [2.75, 3.05) is 0 Å². The van der Waals surface area contributed by atoms with Gasteiger partial charge in [-0.15, -0.1) is 0 Å². The Morgan fingerprint density at radius 3 is 2.50 bits per heavy atom. The fourth-order valence-corrected chi connectivity index (χ4v) is 2.09. The summed E-state index contributed by atoms with van der Waals surface area (Å²) in [6, 6.07) is 8.84. The van der Waals surface area contributed by atoms with Crippen molar-refractivity contribution in [3.05, 3.63) is 61.6 Å². The quantitative estimate of drug-likeness (QED) is 0.455. The molecule has 0 spiro atoms. The van der Waals surface area contributed by atoms with E-state index < -0.39 is 4.92 Å². The van der Waals surface area contributed by atoms with E-state index in [1.807, 2.05) is 0 Å². The van der Waals surface area contributed by atoms with Crippen LogP contribution in [0.15, 0.2) is 40.9 Å². The summed E-state index contributed by atoms with van der Waals surface area (Å²) in [5.41, 5.74) is 0.211. The minimum atomic E-state index is -0.548. The third kappa shape index (κ3) is 3.15. The Balaban J connectivity index is 2.39. The zero-order chi connectivity index (χ0) is 14.7. The van der Waals surface area contributed by atoms with Gasteiger partial charge >= 0.3 is 5.69 Å². The molecule has 0 aromatic heterocycles.